The molecular formula is C27H20F12. The quantitative estimate of drug-likeness (QED) is 0.314. The molecule has 3 rings (SSSR count). The molecule has 0 nitrogen and oxygen atoms in total. The third kappa shape index (κ3) is 6.70. The maximum atomic E-state index is 13.6. The van der Waals surface area contributed by atoms with E-state index >= 15 is 0 Å². The lowest BCUT2D eigenvalue weighted by atomic mass is 9.86. The molecule has 0 N–H and O–H groups in total. The van der Waals surface area contributed by atoms with Crippen LogP contribution < -0.4 is 0 Å². The Labute approximate surface area is 215 Å². The molecule has 212 valence electrons. The predicted octanol–water partition coefficient (Wildman–Crippen LogP) is 10.5. The van der Waals surface area contributed by atoms with Gasteiger partial charge in [-0.25, -0.2) is 0 Å². The van der Waals surface area contributed by atoms with Crippen LogP contribution in [0.3, 0.4) is 0 Å². The lowest BCUT2D eigenvalue weighted by Crippen LogP contribution is -2.13. The molecule has 0 bridgehead atoms. The van der Waals surface area contributed by atoms with Gasteiger partial charge in [-0.1, -0.05) is 32.9 Å². The summed E-state index contributed by atoms with van der Waals surface area (Å²) in [5.41, 5.74) is -9.41. The summed E-state index contributed by atoms with van der Waals surface area (Å²) in [5.74, 6) is 0. The zero-order chi connectivity index (χ0) is 29.9. The fourth-order valence-electron chi connectivity index (χ4n) is 4.00. The standard InChI is InChI=1S/C27H20F12/c1-13-5-16(23(2,3)4)12-21(13)22(14-6-17(24(28,29)30)10-18(7-14)25(31,32)33)15-8-19(26(34,35)36)11-20(9-15)27(37,38)39/h5-12H,1-4H3. The SMILES string of the molecule is CC1=CC(C(C)(C)C)=CC1=C(c1cc(C(F)(F)F)cc(C(F)(F)F)c1)c1cc(C(F)(F)F)cc(C(F)(F)F)c1. The highest BCUT2D eigenvalue weighted by molar-refractivity contribution is 5.88. The van der Waals surface area contributed by atoms with Crippen LogP contribution in [0.15, 0.2) is 65.3 Å². The maximum absolute atomic E-state index is 13.6. The zero-order valence-electron chi connectivity index (χ0n) is 20.7. The molecule has 0 amide bonds. The van der Waals surface area contributed by atoms with Crippen LogP contribution >= 0.6 is 0 Å². The van der Waals surface area contributed by atoms with Crippen molar-refractivity contribution in [2.75, 3.05) is 0 Å². The Balaban J connectivity index is 2.56. The minimum atomic E-state index is -5.30. The summed E-state index contributed by atoms with van der Waals surface area (Å²) in [4.78, 5) is 0. The van der Waals surface area contributed by atoms with E-state index in [4.69, 9.17) is 0 Å². The second-order valence-corrected chi connectivity index (χ2v) is 10.1. The molecule has 0 aliphatic heterocycles. The van der Waals surface area contributed by atoms with Crippen molar-refractivity contribution in [2.45, 2.75) is 52.4 Å². The third-order valence-corrected chi connectivity index (χ3v) is 5.98. The second kappa shape index (κ2) is 9.48. The number of benzene rings is 2. The van der Waals surface area contributed by atoms with Crippen molar-refractivity contribution in [3.05, 3.63) is 98.7 Å². The first-order valence-electron chi connectivity index (χ1n) is 11.1. The van der Waals surface area contributed by atoms with Crippen LogP contribution in [-0.4, -0.2) is 0 Å². The van der Waals surface area contributed by atoms with Crippen molar-refractivity contribution < 1.29 is 52.7 Å². The van der Waals surface area contributed by atoms with E-state index in [0.29, 0.717) is 5.57 Å². The van der Waals surface area contributed by atoms with Gasteiger partial charge in [0.25, 0.3) is 0 Å². The van der Waals surface area contributed by atoms with E-state index in [0.717, 1.165) is 0 Å². The summed E-state index contributed by atoms with van der Waals surface area (Å²) in [6.07, 6.45) is -18.3. The van der Waals surface area contributed by atoms with Crippen molar-refractivity contribution in [1.82, 2.24) is 0 Å². The number of rotatable bonds is 2. The minimum absolute atomic E-state index is 0.111. The van der Waals surface area contributed by atoms with Gasteiger partial charge in [0, 0.05) is 0 Å². The van der Waals surface area contributed by atoms with Gasteiger partial charge in [0.05, 0.1) is 22.3 Å². The average molecular weight is 572 g/mol. The summed E-state index contributed by atoms with van der Waals surface area (Å²) in [5, 5.41) is 0. The first-order chi connectivity index (χ1) is 17.4. The summed E-state index contributed by atoms with van der Waals surface area (Å²) in [6.45, 7) is 6.58. The van der Waals surface area contributed by atoms with E-state index in [2.05, 4.69) is 0 Å². The summed E-state index contributed by atoms with van der Waals surface area (Å²) in [6, 6.07) is 0.769. The van der Waals surface area contributed by atoms with Gasteiger partial charge in [-0.05, 0) is 82.2 Å². The van der Waals surface area contributed by atoms with E-state index in [1.54, 1.807) is 20.8 Å². The highest BCUT2D eigenvalue weighted by Crippen LogP contribution is 2.45. The summed E-state index contributed by atoms with van der Waals surface area (Å²) < 4.78 is 163. The van der Waals surface area contributed by atoms with Crippen molar-refractivity contribution in [2.24, 2.45) is 5.41 Å². The Morgan fingerprint density at radius 2 is 0.795 bits per heavy atom. The molecule has 0 unspecified atom stereocenters. The zero-order valence-corrected chi connectivity index (χ0v) is 20.7. The van der Waals surface area contributed by atoms with Crippen molar-refractivity contribution in [1.29, 1.82) is 0 Å². The van der Waals surface area contributed by atoms with Crippen molar-refractivity contribution in [3.63, 3.8) is 0 Å². The molecule has 0 atom stereocenters. The molecule has 12 heteroatoms. The van der Waals surface area contributed by atoms with Crippen LogP contribution in [0.25, 0.3) is 5.57 Å². The fraction of sp³-hybridized carbons (Fsp3) is 0.333. The van der Waals surface area contributed by atoms with E-state index < -0.39 is 69.1 Å². The topological polar surface area (TPSA) is 0 Å². The van der Waals surface area contributed by atoms with Gasteiger partial charge in [0.15, 0.2) is 0 Å². The molecular weight excluding hydrogens is 552 g/mol. The largest absolute Gasteiger partial charge is 0.416 e. The normalized spacial score (nSPS) is 15.4. The van der Waals surface area contributed by atoms with E-state index in [-0.39, 0.29) is 47.5 Å². The number of halogens is 12. The Hall–Kier alpha value is -3.18. The van der Waals surface area contributed by atoms with E-state index in [1.807, 2.05) is 0 Å². The van der Waals surface area contributed by atoms with Crippen LogP contribution in [0.1, 0.15) is 61.1 Å². The molecule has 0 aromatic heterocycles. The number of allylic oxidation sites excluding steroid dienone is 5. The van der Waals surface area contributed by atoms with Crippen molar-refractivity contribution >= 4 is 5.57 Å². The Kier molecular flexibility index (Phi) is 7.38. The molecule has 0 radical (unpaired) electrons. The van der Waals surface area contributed by atoms with Crippen LogP contribution in [0, 0.1) is 5.41 Å². The van der Waals surface area contributed by atoms with Crippen molar-refractivity contribution in [3.8, 4) is 0 Å². The molecule has 0 spiro atoms. The molecule has 1 aliphatic rings. The van der Waals surface area contributed by atoms with Crippen LogP contribution in [0.2, 0.25) is 0 Å². The fourth-order valence-corrected chi connectivity index (χ4v) is 4.00. The second-order valence-electron chi connectivity index (χ2n) is 10.1. The van der Waals surface area contributed by atoms with Gasteiger partial charge in [-0.3, -0.25) is 0 Å². The first-order valence-corrected chi connectivity index (χ1v) is 11.1. The number of alkyl halides is 12. The molecule has 2 aromatic carbocycles. The van der Waals surface area contributed by atoms with Gasteiger partial charge in [0.2, 0.25) is 0 Å². The van der Waals surface area contributed by atoms with Gasteiger partial charge in [0.1, 0.15) is 0 Å². The maximum Gasteiger partial charge on any atom is 0.416 e. The molecule has 0 saturated heterocycles. The smallest absolute Gasteiger partial charge is 0.166 e. The minimum Gasteiger partial charge on any atom is -0.166 e. The van der Waals surface area contributed by atoms with Crippen LogP contribution in [0.5, 0.6) is 0 Å². The van der Waals surface area contributed by atoms with Crippen LogP contribution in [-0.2, 0) is 24.7 Å². The summed E-state index contributed by atoms with van der Waals surface area (Å²) >= 11 is 0. The highest BCUT2D eigenvalue weighted by atomic mass is 19.4. The molecule has 2 aromatic rings. The average Bonchev–Trinajstić information content (AvgIpc) is 3.13. The van der Waals surface area contributed by atoms with Gasteiger partial charge in [-0.15, -0.1) is 0 Å². The molecule has 0 fully saturated rings. The van der Waals surface area contributed by atoms with E-state index in [1.165, 1.54) is 19.1 Å². The monoisotopic (exact) mass is 572 g/mol. The van der Waals surface area contributed by atoms with Gasteiger partial charge in [-0.2, -0.15) is 52.7 Å². The Morgan fingerprint density at radius 1 is 0.487 bits per heavy atom. The lowest BCUT2D eigenvalue weighted by Gasteiger charge is -2.21. The van der Waals surface area contributed by atoms with Gasteiger partial charge < -0.3 is 0 Å². The Morgan fingerprint density at radius 3 is 1.03 bits per heavy atom. The molecule has 0 heterocycles. The van der Waals surface area contributed by atoms with E-state index in [9.17, 15) is 52.7 Å². The molecule has 0 saturated carbocycles. The van der Waals surface area contributed by atoms with Gasteiger partial charge >= 0.3 is 24.7 Å². The Bertz CT molecular complexity index is 1220. The third-order valence-electron chi connectivity index (χ3n) is 5.98. The van der Waals surface area contributed by atoms with Crippen LogP contribution in [0.4, 0.5) is 52.7 Å². The molecule has 1 aliphatic carbocycles. The lowest BCUT2D eigenvalue weighted by molar-refractivity contribution is -0.144. The number of hydrogen-bond acceptors (Lipinski definition) is 0. The predicted molar refractivity (Wildman–Crippen MR) is 120 cm³/mol. The number of hydrogen-bond donors (Lipinski definition) is 0. The highest BCUT2D eigenvalue weighted by Gasteiger charge is 2.40. The summed E-state index contributed by atoms with van der Waals surface area (Å²) in [7, 11) is 0. The molecule has 39 heavy (non-hydrogen) atoms. The first kappa shape index (κ1) is 30.4.